The number of benzene rings is 2. The minimum Gasteiger partial charge on any atom is -0.379 e. The molecule has 0 bridgehead atoms. The van der Waals surface area contributed by atoms with Crippen molar-refractivity contribution >= 4 is 27.5 Å². The van der Waals surface area contributed by atoms with Crippen molar-refractivity contribution in [1.82, 2.24) is 19.4 Å². The van der Waals surface area contributed by atoms with Gasteiger partial charge in [0.25, 0.3) is 5.91 Å². The molecule has 2 aromatic carbocycles. The minimum atomic E-state index is -3.53. The Morgan fingerprint density at radius 2 is 1.70 bits per heavy atom. The lowest BCUT2D eigenvalue weighted by molar-refractivity contribution is 0.0730. The third-order valence-electron chi connectivity index (χ3n) is 5.56. The van der Waals surface area contributed by atoms with Gasteiger partial charge >= 0.3 is 0 Å². The van der Waals surface area contributed by atoms with E-state index in [-0.39, 0.29) is 17.3 Å². The Morgan fingerprint density at radius 3 is 2.27 bits per heavy atom. The number of hydrogen-bond donors (Lipinski definition) is 1. The fraction of sp³-hybridized carbons (Fsp3) is 0.304. The molecule has 1 amide bonds. The van der Waals surface area contributed by atoms with Gasteiger partial charge in [-0.1, -0.05) is 23.7 Å². The average molecular weight is 489 g/mol. The summed E-state index contributed by atoms with van der Waals surface area (Å²) in [6.45, 7) is 5.53. The SMILES string of the molecule is Cc1nn(-c2ccc(C(=O)NCc3ccc(S(=O)(=O)N4CCOCC4)cc3)cc2)c(C)c1Cl. The molecule has 0 aliphatic carbocycles. The van der Waals surface area contributed by atoms with Crippen molar-refractivity contribution in [1.29, 1.82) is 0 Å². The average Bonchev–Trinajstić information content (AvgIpc) is 3.10. The second-order valence-corrected chi connectivity index (χ2v) is 10.1. The molecule has 0 saturated carbocycles. The maximum atomic E-state index is 12.7. The molecule has 4 rings (SSSR count). The van der Waals surface area contributed by atoms with Gasteiger partial charge in [0, 0.05) is 25.2 Å². The molecule has 0 spiro atoms. The molecule has 1 saturated heterocycles. The Balaban J connectivity index is 1.38. The molecular formula is C23H25ClN4O4S. The van der Waals surface area contributed by atoms with Crippen LogP contribution in [0.1, 0.15) is 27.3 Å². The van der Waals surface area contributed by atoms with E-state index >= 15 is 0 Å². The third kappa shape index (κ3) is 4.96. The Labute approximate surface area is 198 Å². The fourth-order valence-corrected chi connectivity index (χ4v) is 5.15. The van der Waals surface area contributed by atoms with Gasteiger partial charge in [0.1, 0.15) is 0 Å². The lowest BCUT2D eigenvalue weighted by Gasteiger charge is -2.26. The van der Waals surface area contributed by atoms with Crippen molar-refractivity contribution in [3.63, 3.8) is 0 Å². The van der Waals surface area contributed by atoms with Crippen molar-refractivity contribution in [2.75, 3.05) is 26.3 Å². The van der Waals surface area contributed by atoms with Gasteiger partial charge in [-0.3, -0.25) is 4.79 Å². The van der Waals surface area contributed by atoms with Crippen LogP contribution >= 0.6 is 11.6 Å². The van der Waals surface area contributed by atoms with Gasteiger partial charge in [0.15, 0.2) is 0 Å². The van der Waals surface area contributed by atoms with E-state index in [9.17, 15) is 13.2 Å². The molecule has 2 heterocycles. The number of nitrogens with one attached hydrogen (secondary N) is 1. The summed E-state index contributed by atoms with van der Waals surface area (Å²) in [5.74, 6) is -0.224. The number of ether oxygens (including phenoxy) is 1. The van der Waals surface area contributed by atoms with Crippen LogP contribution in [0.4, 0.5) is 0 Å². The van der Waals surface area contributed by atoms with E-state index in [1.165, 1.54) is 4.31 Å². The fourth-order valence-electron chi connectivity index (χ4n) is 3.63. The highest BCUT2D eigenvalue weighted by Gasteiger charge is 2.26. The summed E-state index contributed by atoms with van der Waals surface area (Å²) in [7, 11) is -3.53. The second-order valence-electron chi connectivity index (χ2n) is 7.79. The van der Waals surface area contributed by atoms with Crippen LogP contribution in [0.2, 0.25) is 5.02 Å². The first-order valence-corrected chi connectivity index (χ1v) is 12.4. The highest BCUT2D eigenvalue weighted by Crippen LogP contribution is 2.22. The number of sulfonamides is 1. The van der Waals surface area contributed by atoms with E-state index in [0.717, 1.165) is 22.6 Å². The maximum absolute atomic E-state index is 12.7. The predicted molar refractivity (Wildman–Crippen MR) is 125 cm³/mol. The standard InChI is InChI=1S/C23H25ClN4O4S/c1-16-22(24)17(2)28(26-16)20-7-5-19(6-8-20)23(29)25-15-18-3-9-21(10-4-18)33(30,31)27-11-13-32-14-12-27/h3-10H,11-15H2,1-2H3,(H,25,29). The molecule has 0 radical (unpaired) electrons. The Hall–Kier alpha value is -2.72. The molecule has 8 nitrogen and oxygen atoms in total. The summed E-state index contributed by atoms with van der Waals surface area (Å²) in [6, 6.07) is 13.7. The van der Waals surface area contributed by atoms with Crippen LogP contribution in [0.15, 0.2) is 53.4 Å². The van der Waals surface area contributed by atoms with Crippen molar-refractivity contribution in [2.45, 2.75) is 25.3 Å². The van der Waals surface area contributed by atoms with Crippen molar-refractivity contribution in [3.05, 3.63) is 76.1 Å². The summed E-state index contributed by atoms with van der Waals surface area (Å²) in [4.78, 5) is 12.8. The molecule has 1 aromatic heterocycles. The molecular weight excluding hydrogens is 464 g/mol. The molecule has 1 N–H and O–H groups in total. The third-order valence-corrected chi connectivity index (χ3v) is 8.02. The van der Waals surface area contributed by atoms with Crippen LogP contribution in [-0.2, 0) is 21.3 Å². The number of halogens is 1. The van der Waals surface area contributed by atoms with Gasteiger partial charge in [0.05, 0.1) is 40.2 Å². The van der Waals surface area contributed by atoms with Crippen LogP contribution in [0.3, 0.4) is 0 Å². The van der Waals surface area contributed by atoms with Gasteiger partial charge in [0.2, 0.25) is 10.0 Å². The van der Waals surface area contributed by atoms with E-state index in [2.05, 4.69) is 10.4 Å². The lowest BCUT2D eigenvalue weighted by atomic mass is 10.1. The summed E-state index contributed by atoms with van der Waals surface area (Å²) < 4.78 is 33.8. The van der Waals surface area contributed by atoms with Gasteiger partial charge in [-0.05, 0) is 55.8 Å². The number of carbonyl (C=O) groups is 1. The zero-order valence-corrected chi connectivity index (χ0v) is 20.0. The number of hydrogen-bond acceptors (Lipinski definition) is 5. The van der Waals surface area contributed by atoms with E-state index in [4.69, 9.17) is 16.3 Å². The van der Waals surface area contributed by atoms with Crippen LogP contribution < -0.4 is 5.32 Å². The summed E-state index contributed by atoms with van der Waals surface area (Å²) >= 11 is 6.22. The Bertz CT molecular complexity index is 1250. The van der Waals surface area contributed by atoms with E-state index in [0.29, 0.717) is 36.9 Å². The quantitative estimate of drug-likeness (QED) is 0.575. The predicted octanol–water partition coefficient (Wildman–Crippen LogP) is 3.09. The van der Waals surface area contributed by atoms with E-state index in [1.807, 2.05) is 26.0 Å². The second kappa shape index (κ2) is 9.64. The minimum absolute atomic E-state index is 0.224. The largest absolute Gasteiger partial charge is 0.379 e. The van der Waals surface area contributed by atoms with Crippen molar-refractivity contribution < 1.29 is 17.9 Å². The van der Waals surface area contributed by atoms with Crippen LogP contribution in [0.25, 0.3) is 5.69 Å². The Morgan fingerprint density at radius 1 is 1.06 bits per heavy atom. The molecule has 1 fully saturated rings. The highest BCUT2D eigenvalue weighted by atomic mass is 35.5. The van der Waals surface area contributed by atoms with Gasteiger partial charge in [-0.2, -0.15) is 9.40 Å². The summed E-state index contributed by atoms with van der Waals surface area (Å²) in [5, 5.41) is 7.90. The van der Waals surface area contributed by atoms with Crippen molar-refractivity contribution in [2.24, 2.45) is 0 Å². The van der Waals surface area contributed by atoms with Gasteiger partial charge < -0.3 is 10.1 Å². The lowest BCUT2D eigenvalue weighted by Crippen LogP contribution is -2.40. The zero-order valence-electron chi connectivity index (χ0n) is 18.4. The summed E-state index contributed by atoms with van der Waals surface area (Å²) in [6.07, 6.45) is 0. The Kier molecular flexibility index (Phi) is 6.85. The summed E-state index contributed by atoms with van der Waals surface area (Å²) in [5.41, 5.74) is 3.72. The first-order chi connectivity index (χ1) is 15.8. The molecule has 0 unspecified atom stereocenters. The molecule has 10 heteroatoms. The topological polar surface area (TPSA) is 93.5 Å². The highest BCUT2D eigenvalue weighted by molar-refractivity contribution is 7.89. The number of carbonyl (C=O) groups excluding carboxylic acids is 1. The number of morpholine rings is 1. The van der Waals surface area contributed by atoms with Gasteiger partial charge in [-0.25, -0.2) is 13.1 Å². The number of rotatable bonds is 6. The molecule has 1 aliphatic heterocycles. The van der Waals surface area contributed by atoms with E-state index < -0.39 is 10.0 Å². The number of aromatic nitrogens is 2. The van der Waals surface area contributed by atoms with Crippen LogP contribution in [0, 0.1) is 13.8 Å². The molecule has 0 atom stereocenters. The number of aryl methyl sites for hydroxylation is 1. The smallest absolute Gasteiger partial charge is 0.251 e. The van der Waals surface area contributed by atoms with E-state index in [1.54, 1.807) is 41.1 Å². The molecule has 1 aliphatic rings. The monoisotopic (exact) mass is 488 g/mol. The molecule has 3 aromatic rings. The number of amides is 1. The maximum Gasteiger partial charge on any atom is 0.251 e. The molecule has 33 heavy (non-hydrogen) atoms. The first-order valence-electron chi connectivity index (χ1n) is 10.5. The van der Waals surface area contributed by atoms with Crippen LogP contribution in [0.5, 0.6) is 0 Å². The van der Waals surface area contributed by atoms with Crippen LogP contribution in [-0.4, -0.2) is 54.7 Å². The number of nitrogens with zero attached hydrogens (tertiary/aromatic N) is 3. The first kappa shape index (κ1) is 23.4. The normalized spacial score (nSPS) is 14.9. The van der Waals surface area contributed by atoms with Gasteiger partial charge in [-0.15, -0.1) is 0 Å². The van der Waals surface area contributed by atoms with Crippen molar-refractivity contribution in [3.8, 4) is 5.69 Å². The molecule has 174 valence electrons. The zero-order chi connectivity index (χ0) is 23.6.